The molecule has 0 aliphatic carbocycles. The summed E-state index contributed by atoms with van der Waals surface area (Å²) in [7, 11) is 1.51. The zero-order chi connectivity index (χ0) is 21.6. The van der Waals surface area contributed by atoms with Crippen LogP contribution in [0.15, 0.2) is 24.3 Å². The molecule has 10 heteroatoms. The Kier molecular flexibility index (Phi) is 5.21. The zero-order valence-electron chi connectivity index (χ0n) is 17.1. The van der Waals surface area contributed by atoms with Crippen LogP contribution in [0.1, 0.15) is 35.6 Å². The van der Waals surface area contributed by atoms with Crippen LogP contribution in [0.4, 0.5) is 10.5 Å². The van der Waals surface area contributed by atoms with Crippen LogP contribution in [0.5, 0.6) is 0 Å². The molecule has 0 radical (unpaired) electrons. The molecule has 3 amide bonds. The van der Waals surface area contributed by atoms with E-state index in [1.54, 1.807) is 33.8 Å². The normalized spacial score (nSPS) is 20.4. The number of hydrogen-bond acceptors (Lipinski definition) is 5. The topological polar surface area (TPSA) is 99.9 Å². The Hall–Kier alpha value is -2.62. The van der Waals surface area contributed by atoms with Gasteiger partial charge >= 0.3 is 6.03 Å². The smallest absolute Gasteiger partial charge is 0.322 e. The lowest BCUT2D eigenvalue weighted by atomic mass is 9.82. The Morgan fingerprint density at radius 1 is 1.43 bits per heavy atom. The number of benzene rings is 1. The molecule has 1 atom stereocenters. The summed E-state index contributed by atoms with van der Waals surface area (Å²) in [6.07, 6.45) is -0.577. The van der Waals surface area contributed by atoms with Crippen molar-refractivity contribution in [2.75, 3.05) is 25.5 Å². The van der Waals surface area contributed by atoms with Crippen molar-refractivity contribution in [2.24, 2.45) is 0 Å². The van der Waals surface area contributed by atoms with Gasteiger partial charge < -0.3 is 15.3 Å². The molecule has 4 rings (SSSR count). The van der Waals surface area contributed by atoms with Crippen LogP contribution in [-0.4, -0.2) is 63.1 Å². The average Bonchev–Trinajstić information content (AvgIpc) is 2.99. The van der Waals surface area contributed by atoms with Crippen molar-refractivity contribution in [2.45, 2.75) is 38.5 Å². The molecule has 160 valence electrons. The zero-order valence-corrected chi connectivity index (χ0v) is 17.8. The second-order valence-corrected chi connectivity index (χ2v) is 8.69. The summed E-state index contributed by atoms with van der Waals surface area (Å²) in [4.78, 5) is 33.1. The minimum Gasteiger partial charge on any atom is -0.393 e. The van der Waals surface area contributed by atoms with Crippen molar-refractivity contribution < 1.29 is 19.5 Å². The van der Waals surface area contributed by atoms with Gasteiger partial charge in [-0.15, -0.1) is 0 Å². The Balaban J connectivity index is 1.68. The largest absolute Gasteiger partial charge is 0.393 e. The first-order chi connectivity index (χ1) is 14.2. The lowest BCUT2D eigenvalue weighted by Crippen LogP contribution is -2.47. The van der Waals surface area contributed by atoms with E-state index in [2.05, 4.69) is 10.4 Å². The molecule has 2 aromatic rings. The van der Waals surface area contributed by atoms with Gasteiger partial charge in [0.25, 0.3) is 5.91 Å². The van der Waals surface area contributed by atoms with Gasteiger partial charge in [0.15, 0.2) is 0 Å². The quantitative estimate of drug-likeness (QED) is 0.756. The molecule has 9 nitrogen and oxygen atoms in total. The molecule has 2 aliphatic rings. The average molecular weight is 434 g/mol. The number of fused-ring (bicyclic) bond motifs is 3. The van der Waals surface area contributed by atoms with Crippen LogP contribution < -0.4 is 5.32 Å². The van der Waals surface area contributed by atoms with E-state index in [0.29, 0.717) is 28.5 Å². The molecule has 0 bridgehead atoms. The summed E-state index contributed by atoms with van der Waals surface area (Å²) in [6.45, 7) is 4.67. The molecule has 1 unspecified atom stereocenters. The van der Waals surface area contributed by atoms with Gasteiger partial charge in [-0.25, -0.2) is 9.86 Å². The van der Waals surface area contributed by atoms with E-state index < -0.39 is 11.5 Å². The van der Waals surface area contributed by atoms with Crippen LogP contribution in [0.2, 0.25) is 5.02 Å². The van der Waals surface area contributed by atoms with Crippen molar-refractivity contribution in [3.05, 3.63) is 46.2 Å². The van der Waals surface area contributed by atoms with Crippen molar-refractivity contribution in [3.8, 4) is 0 Å². The highest BCUT2D eigenvalue weighted by Crippen LogP contribution is 2.36. The van der Waals surface area contributed by atoms with Gasteiger partial charge in [0.1, 0.15) is 11.8 Å². The predicted octanol–water partition coefficient (Wildman–Crippen LogP) is 2.24. The molecule has 3 heterocycles. The number of carbonyl (C=O) groups excluding carboxylic acids is 2. The van der Waals surface area contributed by atoms with Crippen LogP contribution in [-0.2, 0) is 23.3 Å². The van der Waals surface area contributed by atoms with E-state index in [-0.39, 0.29) is 31.6 Å². The summed E-state index contributed by atoms with van der Waals surface area (Å²) in [5, 5.41) is 18.7. The van der Waals surface area contributed by atoms with Gasteiger partial charge in [0.05, 0.1) is 25.4 Å². The molecule has 0 saturated heterocycles. The summed E-state index contributed by atoms with van der Waals surface area (Å²) in [5.74, 6) is -0.354. The third-order valence-electron chi connectivity index (χ3n) is 5.37. The number of nitrogens with zero attached hydrogens (tertiary/aromatic N) is 4. The number of rotatable bonds is 2. The number of aromatic nitrogens is 2. The maximum Gasteiger partial charge on any atom is 0.322 e. The first kappa shape index (κ1) is 20.6. The third kappa shape index (κ3) is 3.64. The van der Waals surface area contributed by atoms with Gasteiger partial charge in [-0.3, -0.25) is 14.3 Å². The van der Waals surface area contributed by atoms with Crippen LogP contribution in [0, 0.1) is 0 Å². The molecule has 2 aliphatic heterocycles. The van der Waals surface area contributed by atoms with Crippen molar-refractivity contribution >= 4 is 29.2 Å². The van der Waals surface area contributed by atoms with Crippen molar-refractivity contribution in [3.63, 3.8) is 0 Å². The fourth-order valence-electron chi connectivity index (χ4n) is 4.01. The van der Waals surface area contributed by atoms with Crippen molar-refractivity contribution in [1.82, 2.24) is 19.7 Å². The fourth-order valence-corrected chi connectivity index (χ4v) is 4.20. The van der Waals surface area contributed by atoms with Gasteiger partial charge in [-0.05, 0) is 18.2 Å². The number of anilines is 1. The van der Waals surface area contributed by atoms with Crippen LogP contribution in [0.3, 0.4) is 0 Å². The summed E-state index contributed by atoms with van der Waals surface area (Å²) >= 11 is 6.01. The monoisotopic (exact) mass is 433 g/mol. The standard InChI is InChI=1S/C20H24ClN5O4/c1-20(2)11-25(19(29)22-13-6-4-5-12(21)7-13)9-15-16-18(28)24(3)30-14(10-27)8-26(16)23-17(15)20/h4-7,14,27H,8-11H2,1-3H3,(H,22,29). The maximum absolute atomic E-state index is 13.0. The van der Waals surface area contributed by atoms with E-state index in [1.807, 2.05) is 13.8 Å². The second-order valence-electron chi connectivity index (χ2n) is 8.25. The predicted molar refractivity (Wildman–Crippen MR) is 110 cm³/mol. The Bertz CT molecular complexity index is 1010. The van der Waals surface area contributed by atoms with E-state index in [0.717, 1.165) is 10.8 Å². The first-order valence-corrected chi connectivity index (χ1v) is 10.0. The number of hydrogen-bond donors (Lipinski definition) is 2. The lowest BCUT2D eigenvalue weighted by molar-refractivity contribution is -0.159. The highest BCUT2D eigenvalue weighted by Gasteiger charge is 2.42. The molecule has 0 saturated carbocycles. The minimum absolute atomic E-state index is 0.237. The second kappa shape index (κ2) is 7.57. The number of urea groups is 1. The molecular weight excluding hydrogens is 410 g/mol. The van der Waals surface area contributed by atoms with Gasteiger partial charge in [0.2, 0.25) is 0 Å². The van der Waals surface area contributed by atoms with E-state index in [9.17, 15) is 14.7 Å². The Labute approximate surface area is 179 Å². The number of amides is 3. The molecule has 1 aromatic carbocycles. The number of hydroxylamine groups is 2. The molecule has 0 spiro atoms. The number of aliphatic hydroxyl groups is 1. The highest BCUT2D eigenvalue weighted by atomic mass is 35.5. The van der Waals surface area contributed by atoms with Gasteiger partial charge in [-0.2, -0.15) is 5.10 Å². The molecule has 2 N–H and O–H groups in total. The maximum atomic E-state index is 13.0. The van der Waals surface area contributed by atoms with Gasteiger partial charge in [-0.1, -0.05) is 31.5 Å². The summed E-state index contributed by atoms with van der Waals surface area (Å²) < 4.78 is 1.59. The molecule has 1 aromatic heterocycles. The number of carbonyl (C=O) groups is 2. The van der Waals surface area contributed by atoms with Crippen LogP contribution in [0.25, 0.3) is 0 Å². The molecule has 0 fully saturated rings. The first-order valence-electron chi connectivity index (χ1n) is 9.67. The summed E-state index contributed by atoms with van der Waals surface area (Å²) in [6, 6.07) is 6.66. The van der Waals surface area contributed by atoms with Gasteiger partial charge in [0, 0.05) is 35.3 Å². The van der Waals surface area contributed by atoms with Crippen molar-refractivity contribution in [1.29, 1.82) is 0 Å². The Morgan fingerprint density at radius 3 is 2.90 bits per heavy atom. The number of aliphatic hydroxyl groups excluding tert-OH is 1. The van der Waals surface area contributed by atoms with E-state index >= 15 is 0 Å². The number of nitrogens with one attached hydrogen (secondary N) is 1. The number of halogens is 1. The summed E-state index contributed by atoms with van der Waals surface area (Å²) in [5.41, 5.74) is 2.00. The minimum atomic E-state index is -0.577. The molecule has 30 heavy (non-hydrogen) atoms. The van der Waals surface area contributed by atoms with E-state index in [1.165, 1.54) is 7.05 Å². The highest BCUT2D eigenvalue weighted by molar-refractivity contribution is 6.30. The third-order valence-corrected chi connectivity index (χ3v) is 5.60. The SMILES string of the molecule is CN1OC(CO)Cn2nc3c(c2C1=O)CN(C(=O)Nc1cccc(Cl)c1)CC3(C)C. The van der Waals surface area contributed by atoms with Crippen LogP contribution >= 0.6 is 11.6 Å². The lowest BCUT2D eigenvalue weighted by Gasteiger charge is -2.37. The molecular formula is C20H24ClN5O4. The van der Waals surface area contributed by atoms with E-state index in [4.69, 9.17) is 16.4 Å². The fraction of sp³-hybridized carbons (Fsp3) is 0.450. The Morgan fingerprint density at radius 2 is 2.20 bits per heavy atom.